The molecule has 9 heteroatoms. The Kier molecular flexibility index (Phi) is 5.33. The summed E-state index contributed by atoms with van der Waals surface area (Å²) in [5, 5.41) is 11.4. The molecule has 19 heavy (non-hydrogen) atoms. The zero-order valence-electron chi connectivity index (χ0n) is 10.2. The van der Waals surface area contributed by atoms with Gasteiger partial charge in [0.15, 0.2) is 5.96 Å². The molecule has 1 aromatic heterocycles. The van der Waals surface area contributed by atoms with Crippen molar-refractivity contribution < 1.29 is 14.7 Å². The quantitative estimate of drug-likeness (QED) is 0.289. The smallest absolute Gasteiger partial charge is 0.326 e. The van der Waals surface area contributed by atoms with Crippen molar-refractivity contribution >= 4 is 17.8 Å². The van der Waals surface area contributed by atoms with Gasteiger partial charge in [-0.3, -0.25) is 9.79 Å². The highest BCUT2D eigenvalue weighted by atomic mass is 16.4. The van der Waals surface area contributed by atoms with Crippen molar-refractivity contribution in [2.45, 2.75) is 18.9 Å². The third-order valence-electron chi connectivity index (χ3n) is 2.25. The van der Waals surface area contributed by atoms with Crippen LogP contribution in [0.1, 0.15) is 12.1 Å². The van der Waals surface area contributed by atoms with Gasteiger partial charge in [0, 0.05) is 24.7 Å². The Hall–Kier alpha value is -2.58. The lowest BCUT2D eigenvalue weighted by Crippen LogP contribution is -2.42. The zero-order chi connectivity index (χ0) is 14.3. The van der Waals surface area contributed by atoms with Crippen LogP contribution in [0.2, 0.25) is 0 Å². The maximum Gasteiger partial charge on any atom is 0.326 e. The van der Waals surface area contributed by atoms with Crippen LogP contribution in [0.5, 0.6) is 0 Å². The van der Waals surface area contributed by atoms with Crippen LogP contribution in [-0.2, 0) is 16.0 Å². The molecule has 0 aliphatic heterocycles. The Morgan fingerprint density at radius 1 is 1.53 bits per heavy atom. The highest BCUT2D eigenvalue weighted by Crippen LogP contribution is 1.99. The fourth-order valence-corrected chi connectivity index (χ4v) is 1.37. The molecule has 9 nitrogen and oxygen atoms in total. The normalized spacial score (nSPS) is 11.6. The summed E-state index contributed by atoms with van der Waals surface area (Å²) in [4.78, 5) is 32.7. The molecule has 0 aromatic carbocycles. The first-order chi connectivity index (χ1) is 8.99. The molecule has 0 aliphatic rings. The number of nitrogens with zero attached hydrogens (tertiary/aromatic N) is 2. The van der Waals surface area contributed by atoms with E-state index in [2.05, 4.69) is 20.3 Å². The van der Waals surface area contributed by atoms with E-state index in [1.807, 2.05) is 0 Å². The summed E-state index contributed by atoms with van der Waals surface area (Å²) in [7, 11) is 0. The molecule has 0 aliphatic carbocycles. The summed E-state index contributed by atoms with van der Waals surface area (Å²) in [6.45, 7) is 0.116. The number of guanidine groups is 1. The number of aromatic amines is 1. The number of carbonyl (C=O) groups excluding carboxylic acids is 1. The van der Waals surface area contributed by atoms with Gasteiger partial charge in [-0.2, -0.15) is 0 Å². The van der Waals surface area contributed by atoms with E-state index in [9.17, 15) is 9.59 Å². The molecule has 0 fully saturated rings. The molecule has 0 spiro atoms. The molecule has 1 heterocycles. The Morgan fingerprint density at radius 2 is 2.26 bits per heavy atom. The van der Waals surface area contributed by atoms with Crippen molar-refractivity contribution in [3.63, 3.8) is 0 Å². The topological polar surface area (TPSA) is 159 Å². The summed E-state index contributed by atoms with van der Waals surface area (Å²) >= 11 is 0. The number of amides is 1. The Bertz CT molecular complexity index is 452. The van der Waals surface area contributed by atoms with E-state index in [0.717, 1.165) is 0 Å². The van der Waals surface area contributed by atoms with Crippen LogP contribution in [0.25, 0.3) is 0 Å². The van der Waals surface area contributed by atoms with E-state index in [4.69, 9.17) is 16.6 Å². The van der Waals surface area contributed by atoms with E-state index in [-0.39, 0.29) is 25.3 Å². The van der Waals surface area contributed by atoms with Crippen molar-refractivity contribution in [1.82, 2.24) is 15.3 Å². The third-order valence-corrected chi connectivity index (χ3v) is 2.25. The van der Waals surface area contributed by atoms with Gasteiger partial charge in [-0.1, -0.05) is 0 Å². The van der Waals surface area contributed by atoms with Gasteiger partial charge in [0.2, 0.25) is 5.91 Å². The van der Waals surface area contributed by atoms with Gasteiger partial charge >= 0.3 is 5.97 Å². The monoisotopic (exact) mass is 268 g/mol. The highest BCUT2D eigenvalue weighted by molar-refractivity contribution is 5.84. The number of H-pyrrole nitrogens is 1. The fraction of sp³-hybridized carbons (Fsp3) is 0.400. The van der Waals surface area contributed by atoms with E-state index < -0.39 is 17.9 Å². The second kappa shape index (κ2) is 6.99. The molecule has 1 amide bonds. The number of aliphatic carboxylic acids is 1. The van der Waals surface area contributed by atoms with E-state index >= 15 is 0 Å². The van der Waals surface area contributed by atoms with Crippen molar-refractivity contribution in [3.05, 3.63) is 18.2 Å². The first-order valence-corrected chi connectivity index (χ1v) is 5.54. The summed E-state index contributed by atoms with van der Waals surface area (Å²) in [5.74, 6) is -1.67. The summed E-state index contributed by atoms with van der Waals surface area (Å²) < 4.78 is 0. The predicted molar refractivity (Wildman–Crippen MR) is 67.2 cm³/mol. The lowest BCUT2D eigenvalue weighted by atomic mass is 10.1. The minimum atomic E-state index is -1.12. The average Bonchev–Trinajstić information content (AvgIpc) is 2.80. The molecular formula is C10H16N6O3. The van der Waals surface area contributed by atoms with Crippen LogP contribution >= 0.6 is 0 Å². The molecule has 0 bridgehead atoms. The minimum absolute atomic E-state index is 0.0185. The minimum Gasteiger partial charge on any atom is -0.480 e. The second-order valence-electron chi connectivity index (χ2n) is 3.80. The first-order valence-electron chi connectivity index (χ1n) is 5.54. The SMILES string of the molecule is NC(N)=NCCC(=O)N[C@@H](Cc1cnc[nH]1)C(=O)O. The number of carboxylic acids is 1. The largest absolute Gasteiger partial charge is 0.480 e. The number of carbonyl (C=O) groups is 2. The Labute approximate surface area is 109 Å². The lowest BCUT2D eigenvalue weighted by Gasteiger charge is -2.13. The van der Waals surface area contributed by atoms with Gasteiger partial charge in [0.25, 0.3) is 0 Å². The van der Waals surface area contributed by atoms with Crippen molar-refractivity contribution in [1.29, 1.82) is 0 Å². The van der Waals surface area contributed by atoms with Crippen LogP contribution in [0.4, 0.5) is 0 Å². The van der Waals surface area contributed by atoms with Crippen molar-refractivity contribution in [3.8, 4) is 0 Å². The number of aromatic nitrogens is 2. The molecule has 7 N–H and O–H groups in total. The number of hydrogen-bond donors (Lipinski definition) is 5. The molecular weight excluding hydrogens is 252 g/mol. The summed E-state index contributed by atoms with van der Waals surface area (Å²) in [6, 6.07) is -1.02. The number of nitrogens with one attached hydrogen (secondary N) is 2. The zero-order valence-corrected chi connectivity index (χ0v) is 10.2. The molecule has 0 saturated carbocycles. The van der Waals surface area contributed by atoms with Gasteiger partial charge in [0.1, 0.15) is 6.04 Å². The van der Waals surface area contributed by atoms with Gasteiger partial charge in [0.05, 0.1) is 12.9 Å². The number of rotatable bonds is 7. The van der Waals surface area contributed by atoms with Crippen LogP contribution in [0.3, 0.4) is 0 Å². The van der Waals surface area contributed by atoms with Gasteiger partial charge < -0.3 is 26.9 Å². The molecule has 0 radical (unpaired) electrons. The van der Waals surface area contributed by atoms with E-state index in [1.54, 1.807) is 0 Å². The van der Waals surface area contributed by atoms with Crippen LogP contribution in [-0.4, -0.2) is 45.5 Å². The number of carboxylic acid groups (broad SMARTS) is 1. The number of aliphatic imine (C=N–C) groups is 1. The average molecular weight is 268 g/mol. The predicted octanol–water partition coefficient (Wildman–Crippen LogP) is -1.81. The maximum atomic E-state index is 11.5. The van der Waals surface area contributed by atoms with E-state index in [1.165, 1.54) is 12.5 Å². The molecule has 1 rings (SSSR count). The first kappa shape index (κ1) is 14.5. The Balaban J connectivity index is 2.47. The maximum absolute atomic E-state index is 11.5. The van der Waals surface area contributed by atoms with Crippen molar-refractivity contribution in [2.75, 3.05) is 6.54 Å². The van der Waals surface area contributed by atoms with Gasteiger partial charge in [-0.15, -0.1) is 0 Å². The second-order valence-corrected chi connectivity index (χ2v) is 3.80. The molecule has 1 aromatic rings. The Morgan fingerprint density at radius 3 is 2.79 bits per heavy atom. The van der Waals surface area contributed by atoms with Crippen LogP contribution in [0, 0.1) is 0 Å². The van der Waals surface area contributed by atoms with Crippen LogP contribution < -0.4 is 16.8 Å². The van der Waals surface area contributed by atoms with Crippen molar-refractivity contribution in [2.24, 2.45) is 16.5 Å². The molecule has 1 atom stereocenters. The van der Waals surface area contributed by atoms with Gasteiger partial charge in [-0.05, 0) is 0 Å². The molecule has 0 unspecified atom stereocenters. The van der Waals surface area contributed by atoms with E-state index in [0.29, 0.717) is 5.69 Å². The van der Waals surface area contributed by atoms with Gasteiger partial charge in [-0.25, -0.2) is 9.78 Å². The number of imidazole rings is 1. The number of hydrogen-bond acceptors (Lipinski definition) is 4. The molecule has 104 valence electrons. The summed E-state index contributed by atoms with van der Waals surface area (Å²) in [6.07, 6.45) is 3.09. The fourth-order valence-electron chi connectivity index (χ4n) is 1.37. The summed E-state index contributed by atoms with van der Waals surface area (Å²) in [5.41, 5.74) is 10.8. The standard InChI is InChI=1S/C10H16N6O3/c11-10(12)14-2-1-8(17)16-7(9(18)19)3-6-4-13-5-15-6/h4-5,7H,1-3H2,(H,13,15)(H,16,17)(H,18,19)(H4,11,12,14)/t7-/m0/s1. The van der Waals surface area contributed by atoms with Crippen LogP contribution in [0.15, 0.2) is 17.5 Å². The number of nitrogens with two attached hydrogens (primary N) is 2. The third kappa shape index (κ3) is 5.52. The lowest BCUT2D eigenvalue weighted by molar-refractivity contribution is -0.141. The molecule has 0 saturated heterocycles. The highest BCUT2D eigenvalue weighted by Gasteiger charge is 2.20.